The van der Waals surface area contributed by atoms with Crippen molar-refractivity contribution in [3.63, 3.8) is 0 Å². The van der Waals surface area contributed by atoms with Gasteiger partial charge in [-0.1, -0.05) is 74.8 Å². The van der Waals surface area contributed by atoms with Crippen LogP contribution in [0.2, 0.25) is 0 Å². The molecule has 5 heteroatoms. The monoisotopic (exact) mass is 555 g/mol. The van der Waals surface area contributed by atoms with Gasteiger partial charge in [0.2, 0.25) is 0 Å². The number of Topliss-reactive ketones (excluding diaryl/α,β-unsaturated/α-hetero) is 2. The molecule has 0 bridgehead atoms. The number of esters is 1. The largest absolute Gasteiger partial charge is 0.465 e. The van der Waals surface area contributed by atoms with Gasteiger partial charge in [0.1, 0.15) is 11.9 Å². The third-order valence-corrected chi connectivity index (χ3v) is 11.5. The van der Waals surface area contributed by atoms with Crippen molar-refractivity contribution in [1.82, 2.24) is 0 Å². The van der Waals surface area contributed by atoms with Crippen LogP contribution < -0.4 is 0 Å². The summed E-state index contributed by atoms with van der Waals surface area (Å²) in [4.78, 5) is 37.5. The SMILES string of the molecule is CCCC(C)(C)CC[C@@](C)(CCC(C)(C)[C@]1(C)CC[C@H]2[C@H](C)C(=O)C(C#N)=C[C@]2(C)[C@H]1CC(C)=O)COC(C)=O. The molecule has 1 fully saturated rings. The molecule has 0 aromatic heterocycles. The summed E-state index contributed by atoms with van der Waals surface area (Å²) in [5, 5.41) is 9.80. The molecule has 40 heavy (non-hydrogen) atoms. The van der Waals surface area contributed by atoms with Crippen molar-refractivity contribution in [2.75, 3.05) is 6.61 Å². The number of carbonyl (C=O) groups excluding carboxylic acids is 3. The van der Waals surface area contributed by atoms with Gasteiger partial charge in [0.25, 0.3) is 0 Å². The summed E-state index contributed by atoms with van der Waals surface area (Å²) < 4.78 is 5.62. The average Bonchev–Trinajstić information content (AvgIpc) is 2.85. The topological polar surface area (TPSA) is 84.2 Å². The Morgan fingerprint density at radius 2 is 1.65 bits per heavy atom. The molecular weight excluding hydrogens is 498 g/mol. The maximum Gasteiger partial charge on any atom is 0.302 e. The predicted molar refractivity (Wildman–Crippen MR) is 161 cm³/mol. The highest BCUT2D eigenvalue weighted by Crippen LogP contribution is 2.66. The lowest BCUT2D eigenvalue weighted by Gasteiger charge is -2.62. The molecule has 0 aliphatic heterocycles. The number of nitrogens with zero attached hydrogens (tertiary/aromatic N) is 1. The predicted octanol–water partition coefficient (Wildman–Crippen LogP) is 8.66. The molecule has 5 nitrogen and oxygen atoms in total. The second-order valence-electron chi connectivity index (χ2n) is 15.6. The van der Waals surface area contributed by atoms with Crippen LogP contribution in [0.25, 0.3) is 0 Å². The summed E-state index contributed by atoms with van der Waals surface area (Å²) in [6, 6.07) is 2.17. The first kappa shape index (κ1) is 34.2. The third kappa shape index (κ3) is 7.27. The van der Waals surface area contributed by atoms with Crippen molar-refractivity contribution in [3.05, 3.63) is 11.6 Å². The Morgan fingerprint density at radius 1 is 1.05 bits per heavy atom. The number of rotatable bonds is 13. The van der Waals surface area contributed by atoms with E-state index in [2.05, 4.69) is 61.5 Å². The Morgan fingerprint density at radius 3 is 2.17 bits per heavy atom. The second kappa shape index (κ2) is 12.5. The maximum atomic E-state index is 12.9. The van der Waals surface area contributed by atoms with Crippen LogP contribution in [-0.4, -0.2) is 24.1 Å². The molecule has 2 rings (SSSR count). The van der Waals surface area contributed by atoms with Gasteiger partial charge >= 0.3 is 5.97 Å². The van der Waals surface area contributed by atoms with Crippen molar-refractivity contribution < 1.29 is 19.1 Å². The van der Waals surface area contributed by atoms with E-state index in [0.717, 1.165) is 44.9 Å². The molecule has 0 N–H and O–H groups in total. The molecule has 226 valence electrons. The number of fused-ring (bicyclic) bond motifs is 1. The molecule has 0 unspecified atom stereocenters. The summed E-state index contributed by atoms with van der Waals surface area (Å²) in [6.07, 6.45) is 10.5. The molecule has 0 heterocycles. The van der Waals surface area contributed by atoms with Crippen LogP contribution in [-0.2, 0) is 19.1 Å². The molecule has 0 aromatic carbocycles. The van der Waals surface area contributed by atoms with Gasteiger partial charge in [0.15, 0.2) is 5.78 Å². The van der Waals surface area contributed by atoms with Gasteiger partial charge in [-0.15, -0.1) is 0 Å². The van der Waals surface area contributed by atoms with E-state index in [0.29, 0.717) is 13.0 Å². The molecular formula is C35H57NO4. The van der Waals surface area contributed by atoms with Crippen LogP contribution in [0.3, 0.4) is 0 Å². The van der Waals surface area contributed by atoms with E-state index in [-0.39, 0.29) is 62.5 Å². The van der Waals surface area contributed by atoms with E-state index in [1.54, 1.807) is 6.92 Å². The number of carbonyl (C=O) groups is 3. The van der Waals surface area contributed by atoms with Gasteiger partial charge in [-0.25, -0.2) is 0 Å². The Bertz CT molecular complexity index is 1030. The first-order valence-electron chi connectivity index (χ1n) is 15.6. The maximum absolute atomic E-state index is 12.9. The van der Waals surface area contributed by atoms with E-state index in [9.17, 15) is 19.6 Å². The molecule has 0 aromatic rings. The zero-order valence-electron chi connectivity index (χ0n) is 27.5. The van der Waals surface area contributed by atoms with Crippen LogP contribution in [0, 0.1) is 56.2 Å². The zero-order chi connectivity index (χ0) is 30.7. The fraction of sp³-hybridized carbons (Fsp3) is 0.829. The number of ether oxygens (including phenoxy) is 1. The van der Waals surface area contributed by atoms with Crippen LogP contribution in [0.5, 0.6) is 0 Å². The van der Waals surface area contributed by atoms with Crippen molar-refractivity contribution in [2.24, 2.45) is 44.8 Å². The number of nitriles is 1. The fourth-order valence-corrected chi connectivity index (χ4v) is 8.21. The lowest BCUT2D eigenvalue weighted by molar-refractivity contribution is -0.147. The first-order valence-corrected chi connectivity index (χ1v) is 15.6. The fourth-order valence-electron chi connectivity index (χ4n) is 8.21. The van der Waals surface area contributed by atoms with E-state index >= 15 is 0 Å². The quantitative estimate of drug-likeness (QED) is 0.212. The Hall–Kier alpha value is -1.96. The van der Waals surface area contributed by atoms with Crippen LogP contribution in [0.15, 0.2) is 11.6 Å². The van der Waals surface area contributed by atoms with Gasteiger partial charge in [-0.2, -0.15) is 5.26 Å². The van der Waals surface area contributed by atoms with E-state index in [1.165, 1.54) is 13.3 Å². The minimum Gasteiger partial charge on any atom is -0.465 e. The molecule has 0 radical (unpaired) electrons. The number of allylic oxidation sites excluding steroid dienone is 2. The van der Waals surface area contributed by atoms with Gasteiger partial charge in [0, 0.05) is 24.7 Å². The summed E-state index contributed by atoms with van der Waals surface area (Å²) in [5.74, 6) is -0.206. The molecule has 6 atom stereocenters. The van der Waals surface area contributed by atoms with E-state index in [4.69, 9.17) is 4.74 Å². The second-order valence-corrected chi connectivity index (χ2v) is 15.6. The summed E-state index contributed by atoms with van der Waals surface area (Å²) in [6.45, 7) is 23.9. The van der Waals surface area contributed by atoms with Crippen LogP contribution in [0.4, 0.5) is 0 Å². The average molecular weight is 556 g/mol. The van der Waals surface area contributed by atoms with Crippen LogP contribution >= 0.6 is 0 Å². The lowest BCUT2D eigenvalue weighted by atomic mass is 9.41. The molecule has 0 amide bonds. The minimum absolute atomic E-state index is 0.0216. The zero-order valence-corrected chi connectivity index (χ0v) is 27.5. The highest BCUT2D eigenvalue weighted by Gasteiger charge is 2.60. The highest BCUT2D eigenvalue weighted by atomic mass is 16.5. The normalized spacial score (nSPS) is 30.5. The van der Waals surface area contributed by atoms with Crippen molar-refractivity contribution >= 4 is 17.5 Å². The summed E-state index contributed by atoms with van der Waals surface area (Å²) in [5.41, 5.74) is -0.340. The Balaban J connectivity index is 2.44. The number of hydrogen-bond donors (Lipinski definition) is 0. The smallest absolute Gasteiger partial charge is 0.302 e. The summed E-state index contributed by atoms with van der Waals surface area (Å²) in [7, 11) is 0. The first-order chi connectivity index (χ1) is 18.3. The molecule has 2 aliphatic carbocycles. The van der Waals surface area contributed by atoms with Crippen molar-refractivity contribution in [2.45, 2.75) is 134 Å². The highest BCUT2D eigenvalue weighted by molar-refractivity contribution is 6.01. The molecule has 0 spiro atoms. The molecule has 2 aliphatic rings. The van der Waals surface area contributed by atoms with E-state index < -0.39 is 5.41 Å². The standard InChI is InChI=1S/C35H57NO4/c1-12-14-31(5,6)16-18-33(9,23-40-26(4)38)19-17-32(7,8)35(11)15-13-28-25(3)30(39)27(22-36)21-34(28,10)29(35)20-24(2)37/h21,25,28-29H,12-20,23H2,1-11H3/t25-,28-,29+,33-,34-,35+/m0/s1. The van der Waals surface area contributed by atoms with Gasteiger partial charge in [0.05, 0.1) is 12.2 Å². The van der Waals surface area contributed by atoms with Gasteiger partial charge in [-0.05, 0) is 85.4 Å². The number of hydrogen-bond acceptors (Lipinski definition) is 5. The lowest BCUT2D eigenvalue weighted by Crippen LogP contribution is -2.57. The van der Waals surface area contributed by atoms with Crippen LogP contribution in [0.1, 0.15) is 134 Å². The Labute approximate surface area is 244 Å². The third-order valence-electron chi connectivity index (χ3n) is 11.5. The summed E-state index contributed by atoms with van der Waals surface area (Å²) >= 11 is 0. The van der Waals surface area contributed by atoms with E-state index in [1.807, 2.05) is 13.0 Å². The van der Waals surface area contributed by atoms with Crippen molar-refractivity contribution in [3.8, 4) is 6.07 Å². The molecule has 0 saturated heterocycles. The minimum atomic E-state index is -0.403. The van der Waals surface area contributed by atoms with Crippen molar-refractivity contribution in [1.29, 1.82) is 5.26 Å². The van der Waals surface area contributed by atoms with Gasteiger partial charge in [-0.3, -0.25) is 9.59 Å². The molecule has 1 saturated carbocycles. The van der Waals surface area contributed by atoms with Gasteiger partial charge < -0.3 is 9.53 Å². The Kier molecular flexibility index (Phi) is 10.7. The number of ketones is 2.